The van der Waals surface area contributed by atoms with E-state index in [0.29, 0.717) is 0 Å². The van der Waals surface area contributed by atoms with Gasteiger partial charge >= 0.3 is 0 Å². The zero-order chi connectivity index (χ0) is 21.5. The fraction of sp³-hybridized carbons (Fsp3) is 0.462. The highest BCUT2D eigenvalue weighted by molar-refractivity contribution is 5.95. The van der Waals surface area contributed by atoms with E-state index in [4.69, 9.17) is 14.7 Å². The van der Waals surface area contributed by atoms with Crippen LogP contribution in [0.2, 0.25) is 0 Å². The maximum absolute atomic E-state index is 5.50. The molecule has 0 amide bonds. The number of anilines is 2. The van der Waals surface area contributed by atoms with Gasteiger partial charge in [-0.2, -0.15) is 0 Å². The number of methoxy groups -OCH3 is 1. The number of benzene rings is 1. The van der Waals surface area contributed by atoms with Crippen molar-refractivity contribution in [3.05, 3.63) is 42.6 Å². The predicted molar refractivity (Wildman–Crippen MR) is 130 cm³/mol. The molecule has 2 unspecified atom stereocenters. The van der Waals surface area contributed by atoms with Gasteiger partial charge in [0.15, 0.2) is 0 Å². The van der Waals surface area contributed by atoms with Crippen molar-refractivity contribution in [2.24, 2.45) is 11.8 Å². The molecule has 5 heterocycles. The lowest BCUT2D eigenvalue weighted by Crippen LogP contribution is -2.35. The summed E-state index contributed by atoms with van der Waals surface area (Å²) in [5.74, 6) is 3.43. The van der Waals surface area contributed by atoms with Crippen LogP contribution >= 0.6 is 0 Å². The first-order valence-electron chi connectivity index (χ1n) is 11.9. The number of ether oxygens (including phenoxy) is 1. The van der Waals surface area contributed by atoms with Crippen LogP contribution in [0, 0.1) is 11.8 Å². The Kier molecular flexibility index (Phi) is 5.10. The summed E-state index contributed by atoms with van der Waals surface area (Å²) in [5, 5.41) is 4.78. The van der Waals surface area contributed by atoms with E-state index in [1.54, 1.807) is 7.11 Å². The molecule has 166 valence electrons. The van der Waals surface area contributed by atoms with Gasteiger partial charge in [-0.05, 0) is 74.5 Å². The molecule has 1 aromatic carbocycles. The molecule has 2 atom stereocenters. The molecule has 6 heteroatoms. The van der Waals surface area contributed by atoms with Gasteiger partial charge in [0, 0.05) is 55.1 Å². The number of rotatable bonds is 4. The van der Waals surface area contributed by atoms with Crippen molar-refractivity contribution >= 4 is 22.4 Å². The Hall–Kier alpha value is -2.86. The molecular weight excluding hydrogens is 398 g/mol. The molecule has 6 rings (SSSR count). The number of pyridine rings is 2. The second-order valence-corrected chi connectivity index (χ2v) is 9.43. The fourth-order valence-corrected chi connectivity index (χ4v) is 5.67. The zero-order valence-electron chi connectivity index (χ0n) is 18.8. The second-order valence-electron chi connectivity index (χ2n) is 9.43. The molecule has 3 fully saturated rings. The Bertz CT molecular complexity index is 1100. The molecule has 0 aliphatic carbocycles. The van der Waals surface area contributed by atoms with Gasteiger partial charge in [-0.25, -0.2) is 9.97 Å². The third kappa shape index (κ3) is 3.56. The van der Waals surface area contributed by atoms with E-state index < -0.39 is 0 Å². The quantitative estimate of drug-likeness (QED) is 0.678. The van der Waals surface area contributed by atoms with Crippen molar-refractivity contribution in [3.8, 4) is 17.0 Å². The number of nitrogens with one attached hydrogen (secondary N) is 1. The maximum Gasteiger partial charge on any atom is 0.128 e. The van der Waals surface area contributed by atoms with E-state index in [0.717, 1.165) is 79.4 Å². The number of fused-ring (bicyclic) bond motifs is 2. The Morgan fingerprint density at radius 1 is 1.00 bits per heavy atom. The fourth-order valence-electron chi connectivity index (χ4n) is 5.67. The molecule has 1 N–H and O–H groups in total. The van der Waals surface area contributed by atoms with Crippen LogP contribution in [0.1, 0.15) is 19.3 Å². The molecule has 0 radical (unpaired) electrons. The first-order chi connectivity index (χ1) is 15.8. The lowest BCUT2D eigenvalue weighted by molar-refractivity contribution is 0.318. The minimum Gasteiger partial charge on any atom is -0.497 e. The highest BCUT2D eigenvalue weighted by Crippen LogP contribution is 2.38. The lowest BCUT2D eigenvalue weighted by atomic mass is 9.90. The predicted octanol–water partition coefficient (Wildman–Crippen LogP) is 3.95. The van der Waals surface area contributed by atoms with Crippen LogP contribution in [0.4, 0.5) is 11.5 Å². The van der Waals surface area contributed by atoms with Crippen LogP contribution in [0.15, 0.2) is 42.6 Å². The highest BCUT2D eigenvalue weighted by Gasteiger charge is 2.35. The SMILES string of the molecule is COc1ccc2c(N3CC4CCNCC4C3)cc(-c3ccc(N4CCCC4)nc3)nc2c1. The summed E-state index contributed by atoms with van der Waals surface area (Å²) in [6.07, 6.45) is 5.77. The topological polar surface area (TPSA) is 53.5 Å². The minimum atomic E-state index is 0.732. The number of nitrogens with zero attached hydrogens (tertiary/aromatic N) is 4. The Balaban J connectivity index is 1.40. The van der Waals surface area contributed by atoms with Gasteiger partial charge in [0.2, 0.25) is 0 Å². The summed E-state index contributed by atoms with van der Waals surface area (Å²) in [7, 11) is 1.71. The number of hydrogen-bond donors (Lipinski definition) is 1. The van der Waals surface area contributed by atoms with Crippen LogP contribution in [-0.4, -0.2) is 56.3 Å². The van der Waals surface area contributed by atoms with Crippen molar-refractivity contribution in [2.75, 3.05) is 56.2 Å². The maximum atomic E-state index is 5.50. The van der Waals surface area contributed by atoms with Crippen LogP contribution in [0.25, 0.3) is 22.2 Å². The first-order valence-corrected chi connectivity index (χ1v) is 11.9. The van der Waals surface area contributed by atoms with Gasteiger partial charge < -0.3 is 19.9 Å². The Labute approximate surface area is 189 Å². The molecule has 6 nitrogen and oxygen atoms in total. The van der Waals surface area contributed by atoms with Gasteiger partial charge in [0.25, 0.3) is 0 Å². The zero-order valence-corrected chi connectivity index (χ0v) is 18.8. The van der Waals surface area contributed by atoms with Crippen molar-refractivity contribution in [1.82, 2.24) is 15.3 Å². The first kappa shape index (κ1) is 19.8. The summed E-state index contributed by atoms with van der Waals surface area (Å²) >= 11 is 0. The van der Waals surface area contributed by atoms with E-state index in [2.05, 4.69) is 45.4 Å². The average Bonchev–Trinajstić information content (AvgIpc) is 3.53. The molecule has 3 aromatic rings. The normalized spacial score (nSPS) is 23.0. The molecule has 0 spiro atoms. The Morgan fingerprint density at radius 3 is 2.66 bits per heavy atom. The van der Waals surface area contributed by atoms with E-state index >= 15 is 0 Å². The second kappa shape index (κ2) is 8.24. The van der Waals surface area contributed by atoms with Crippen molar-refractivity contribution in [1.29, 1.82) is 0 Å². The minimum absolute atomic E-state index is 0.732. The third-order valence-corrected chi connectivity index (χ3v) is 7.48. The molecule has 3 aliphatic rings. The molecule has 32 heavy (non-hydrogen) atoms. The van der Waals surface area contributed by atoms with Crippen molar-refractivity contribution < 1.29 is 4.74 Å². The summed E-state index contributed by atoms with van der Waals surface area (Å²) in [6, 6.07) is 12.9. The Morgan fingerprint density at radius 2 is 1.88 bits per heavy atom. The molecule has 3 aliphatic heterocycles. The van der Waals surface area contributed by atoms with E-state index in [1.165, 1.54) is 30.3 Å². The van der Waals surface area contributed by atoms with Gasteiger partial charge in [-0.15, -0.1) is 0 Å². The molecule has 3 saturated heterocycles. The van der Waals surface area contributed by atoms with E-state index in [9.17, 15) is 0 Å². The van der Waals surface area contributed by atoms with E-state index in [-0.39, 0.29) is 0 Å². The van der Waals surface area contributed by atoms with Crippen LogP contribution < -0.4 is 19.9 Å². The highest BCUT2D eigenvalue weighted by atomic mass is 16.5. The smallest absolute Gasteiger partial charge is 0.128 e. The number of hydrogen-bond acceptors (Lipinski definition) is 6. The largest absolute Gasteiger partial charge is 0.497 e. The lowest BCUT2D eigenvalue weighted by Gasteiger charge is -2.23. The summed E-state index contributed by atoms with van der Waals surface area (Å²) in [4.78, 5) is 14.8. The third-order valence-electron chi connectivity index (χ3n) is 7.48. The van der Waals surface area contributed by atoms with Gasteiger partial charge in [0.1, 0.15) is 11.6 Å². The summed E-state index contributed by atoms with van der Waals surface area (Å²) < 4.78 is 5.50. The number of piperidine rings is 1. The monoisotopic (exact) mass is 429 g/mol. The van der Waals surface area contributed by atoms with Crippen molar-refractivity contribution in [2.45, 2.75) is 19.3 Å². The standard InChI is InChI=1S/C26H31N5O/c1-32-21-5-6-22-24(12-21)29-23(18-4-7-26(28-15-18)30-10-2-3-11-30)13-25(22)31-16-19-8-9-27-14-20(19)17-31/h4-7,12-13,15,19-20,27H,2-3,8-11,14,16-17H2,1H3. The van der Waals surface area contributed by atoms with Crippen molar-refractivity contribution in [3.63, 3.8) is 0 Å². The van der Waals surface area contributed by atoms with Crippen LogP contribution in [0.3, 0.4) is 0 Å². The van der Waals surface area contributed by atoms with Gasteiger partial charge in [-0.3, -0.25) is 0 Å². The number of aromatic nitrogens is 2. The molecule has 2 aromatic heterocycles. The van der Waals surface area contributed by atoms with Crippen LogP contribution in [-0.2, 0) is 0 Å². The summed E-state index contributed by atoms with van der Waals surface area (Å²) in [5.41, 5.74) is 4.31. The molecular formula is C26H31N5O. The molecule has 0 bridgehead atoms. The van der Waals surface area contributed by atoms with E-state index in [1.807, 2.05) is 12.3 Å². The molecule has 0 saturated carbocycles. The van der Waals surface area contributed by atoms with Gasteiger partial charge in [-0.1, -0.05) is 0 Å². The van der Waals surface area contributed by atoms with Gasteiger partial charge in [0.05, 0.1) is 18.3 Å². The summed E-state index contributed by atoms with van der Waals surface area (Å²) in [6.45, 7) is 6.72. The average molecular weight is 430 g/mol. The van der Waals surface area contributed by atoms with Crippen LogP contribution in [0.5, 0.6) is 5.75 Å².